The molecular weight excluding hydrogens is 184 g/mol. The largest absolute Gasteiger partial charge is 0.381 e. The van der Waals surface area contributed by atoms with E-state index in [1.54, 1.807) is 0 Å². The van der Waals surface area contributed by atoms with E-state index in [2.05, 4.69) is 22.4 Å². The predicted molar refractivity (Wildman–Crippen MR) is 61.8 cm³/mol. The number of nitrogens with one attached hydrogen (secondary N) is 1. The molecule has 0 amide bonds. The van der Waals surface area contributed by atoms with Gasteiger partial charge in [-0.3, -0.25) is 4.98 Å². The zero-order valence-electron chi connectivity index (χ0n) is 9.24. The van der Waals surface area contributed by atoms with E-state index in [1.807, 2.05) is 13.1 Å². The number of hydrogen-bond acceptors (Lipinski definition) is 2. The lowest BCUT2D eigenvalue weighted by atomic mass is 9.95. The maximum Gasteiger partial charge on any atom is 0.0529 e. The molecule has 2 saturated carbocycles. The van der Waals surface area contributed by atoms with Crippen LogP contribution in [0.5, 0.6) is 0 Å². The minimum Gasteiger partial charge on any atom is -0.381 e. The van der Waals surface area contributed by atoms with Gasteiger partial charge in [0.05, 0.1) is 11.9 Å². The highest BCUT2D eigenvalue weighted by molar-refractivity contribution is 5.42. The molecule has 2 fully saturated rings. The van der Waals surface area contributed by atoms with Gasteiger partial charge in [0.2, 0.25) is 0 Å². The van der Waals surface area contributed by atoms with Crippen LogP contribution >= 0.6 is 0 Å². The molecule has 3 rings (SSSR count). The van der Waals surface area contributed by atoms with Crippen LogP contribution in [0.3, 0.4) is 0 Å². The first kappa shape index (κ1) is 9.20. The molecular formula is C13H18N2. The van der Waals surface area contributed by atoms with E-state index < -0.39 is 0 Å². The highest BCUT2D eigenvalue weighted by Gasteiger charge is 2.39. The molecule has 0 saturated heterocycles. The maximum absolute atomic E-state index is 4.32. The Hall–Kier alpha value is -1.05. The molecule has 2 aliphatic carbocycles. The minimum atomic E-state index is 0.716. The van der Waals surface area contributed by atoms with Gasteiger partial charge >= 0.3 is 0 Å². The lowest BCUT2D eigenvalue weighted by molar-refractivity contribution is 0.439. The van der Waals surface area contributed by atoms with Crippen molar-refractivity contribution in [2.75, 3.05) is 5.32 Å². The summed E-state index contributed by atoms with van der Waals surface area (Å²) in [4.78, 5) is 4.32. The molecule has 1 aromatic heterocycles. The molecule has 1 N–H and O–H groups in total. The fraction of sp³-hybridized carbons (Fsp3) is 0.615. The fourth-order valence-electron chi connectivity index (χ4n) is 3.19. The van der Waals surface area contributed by atoms with E-state index in [0.29, 0.717) is 6.04 Å². The number of hydrogen-bond donors (Lipinski definition) is 1. The SMILES string of the molecule is Cc1ccc(N[C@H]2C[C@@H]3CC[C@@H]2C3)cn1. The van der Waals surface area contributed by atoms with Crippen LogP contribution in [0.4, 0.5) is 5.69 Å². The molecule has 0 unspecified atom stereocenters. The summed E-state index contributed by atoms with van der Waals surface area (Å²) >= 11 is 0. The van der Waals surface area contributed by atoms with Crippen LogP contribution in [-0.4, -0.2) is 11.0 Å². The Morgan fingerprint density at radius 3 is 2.80 bits per heavy atom. The second-order valence-corrected chi connectivity index (χ2v) is 5.11. The number of fused-ring (bicyclic) bond motifs is 2. The Kier molecular flexibility index (Phi) is 2.15. The monoisotopic (exact) mass is 202 g/mol. The van der Waals surface area contributed by atoms with E-state index in [0.717, 1.165) is 17.5 Å². The normalized spacial score (nSPS) is 33.3. The zero-order chi connectivity index (χ0) is 10.3. The van der Waals surface area contributed by atoms with Gasteiger partial charge in [-0.15, -0.1) is 0 Å². The predicted octanol–water partition coefficient (Wildman–Crippen LogP) is 2.99. The summed E-state index contributed by atoms with van der Waals surface area (Å²) in [5.74, 6) is 1.93. The smallest absolute Gasteiger partial charge is 0.0529 e. The van der Waals surface area contributed by atoms with Crippen LogP contribution in [0.1, 0.15) is 31.4 Å². The van der Waals surface area contributed by atoms with Crippen molar-refractivity contribution in [1.29, 1.82) is 0 Å². The van der Waals surface area contributed by atoms with Crippen molar-refractivity contribution in [2.24, 2.45) is 11.8 Å². The third-order valence-electron chi connectivity index (χ3n) is 4.00. The third-order valence-corrected chi connectivity index (χ3v) is 4.00. The standard InChI is InChI=1S/C13H18N2/c1-9-2-5-12(8-14-9)15-13-7-10-3-4-11(13)6-10/h2,5,8,10-11,13,15H,3-4,6-7H2,1H3/t10-,11-,13+/m1/s1. The van der Waals surface area contributed by atoms with Gasteiger partial charge in [0.15, 0.2) is 0 Å². The van der Waals surface area contributed by atoms with Gasteiger partial charge in [-0.05, 0) is 50.2 Å². The maximum atomic E-state index is 4.32. The molecule has 0 aliphatic heterocycles. The van der Waals surface area contributed by atoms with E-state index in [4.69, 9.17) is 0 Å². The van der Waals surface area contributed by atoms with E-state index in [1.165, 1.54) is 31.4 Å². The third kappa shape index (κ3) is 1.73. The van der Waals surface area contributed by atoms with Crippen molar-refractivity contribution in [3.63, 3.8) is 0 Å². The van der Waals surface area contributed by atoms with Crippen molar-refractivity contribution in [2.45, 2.75) is 38.6 Å². The fourth-order valence-corrected chi connectivity index (χ4v) is 3.19. The number of rotatable bonds is 2. The summed E-state index contributed by atoms with van der Waals surface area (Å²) in [5, 5.41) is 3.64. The number of aromatic nitrogens is 1. The second kappa shape index (κ2) is 3.51. The van der Waals surface area contributed by atoms with E-state index >= 15 is 0 Å². The van der Waals surface area contributed by atoms with Gasteiger partial charge in [0.1, 0.15) is 0 Å². The molecule has 0 aromatic carbocycles. The summed E-state index contributed by atoms with van der Waals surface area (Å²) in [5.41, 5.74) is 2.28. The number of anilines is 1. The van der Waals surface area contributed by atoms with Gasteiger partial charge in [0, 0.05) is 11.7 Å². The minimum absolute atomic E-state index is 0.716. The van der Waals surface area contributed by atoms with Crippen LogP contribution in [0, 0.1) is 18.8 Å². The highest BCUT2D eigenvalue weighted by atomic mass is 15.0. The molecule has 2 bridgehead atoms. The Labute approximate surface area is 91.1 Å². The Balaban J connectivity index is 1.68. The van der Waals surface area contributed by atoms with Crippen molar-refractivity contribution < 1.29 is 0 Å². The molecule has 1 heterocycles. The number of pyridine rings is 1. The Morgan fingerprint density at radius 1 is 1.27 bits per heavy atom. The van der Waals surface area contributed by atoms with Crippen LogP contribution < -0.4 is 5.32 Å². The highest BCUT2D eigenvalue weighted by Crippen LogP contribution is 2.45. The van der Waals surface area contributed by atoms with Gasteiger partial charge in [-0.1, -0.05) is 6.42 Å². The van der Waals surface area contributed by atoms with E-state index in [9.17, 15) is 0 Å². The van der Waals surface area contributed by atoms with Crippen LogP contribution in [0.15, 0.2) is 18.3 Å². The average molecular weight is 202 g/mol. The quantitative estimate of drug-likeness (QED) is 0.797. The van der Waals surface area contributed by atoms with Crippen molar-refractivity contribution in [3.8, 4) is 0 Å². The molecule has 3 atom stereocenters. The molecule has 80 valence electrons. The summed E-state index contributed by atoms with van der Waals surface area (Å²) in [6, 6.07) is 4.94. The number of aryl methyl sites for hydroxylation is 1. The zero-order valence-corrected chi connectivity index (χ0v) is 9.24. The molecule has 2 heteroatoms. The summed E-state index contributed by atoms with van der Waals surface area (Å²) in [6.07, 6.45) is 7.69. The van der Waals surface area contributed by atoms with Gasteiger partial charge < -0.3 is 5.32 Å². The average Bonchev–Trinajstić information content (AvgIpc) is 2.83. The molecule has 0 spiro atoms. The first-order valence-electron chi connectivity index (χ1n) is 6.00. The van der Waals surface area contributed by atoms with Gasteiger partial charge in [-0.2, -0.15) is 0 Å². The van der Waals surface area contributed by atoms with E-state index in [-0.39, 0.29) is 0 Å². The number of nitrogens with zero attached hydrogens (tertiary/aromatic N) is 1. The molecule has 2 aliphatic rings. The van der Waals surface area contributed by atoms with Crippen molar-refractivity contribution >= 4 is 5.69 Å². The Bertz CT molecular complexity index is 344. The van der Waals surface area contributed by atoms with Gasteiger partial charge in [0.25, 0.3) is 0 Å². The van der Waals surface area contributed by atoms with Crippen LogP contribution in [-0.2, 0) is 0 Å². The summed E-state index contributed by atoms with van der Waals surface area (Å²) < 4.78 is 0. The lowest BCUT2D eigenvalue weighted by Crippen LogP contribution is -2.25. The summed E-state index contributed by atoms with van der Waals surface area (Å²) in [7, 11) is 0. The molecule has 0 radical (unpaired) electrons. The molecule has 2 nitrogen and oxygen atoms in total. The van der Waals surface area contributed by atoms with Crippen LogP contribution in [0.2, 0.25) is 0 Å². The summed E-state index contributed by atoms with van der Waals surface area (Å²) in [6.45, 7) is 2.03. The topological polar surface area (TPSA) is 24.9 Å². The Morgan fingerprint density at radius 2 is 2.20 bits per heavy atom. The van der Waals surface area contributed by atoms with Crippen LogP contribution in [0.25, 0.3) is 0 Å². The van der Waals surface area contributed by atoms with Crippen molar-refractivity contribution in [3.05, 3.63) is 24.0 Å². The van der Waals surface area contributed by atoms with Crippen molar-refractivity contribution in [1.82, 2.24) is 4.98 Å². The van der Waals surface area contributed by atoms with Gasteiger partial charge in [-0.25, -0.2) is 0 Å². The first-order valence-corrected chi connectivity index (χ1v) is 6.00. The first-order chi connectivity index (χ1) is 7.31. The second-order valence-electron chi connectivity index (χ2n) is 5.11. The lowest BCUT2D eigenvalue weighted by Gasteiger charge is -2.23. The molecule has 15 heavy (non-hydrogen) atoms. The molecule has 1 aromatic rings.